The van der Waals surface area contributed by atoms with E-state index >= 15 is 0 Å². The Kier molecular flexibility index (Phi) is 12.3. The predicted octanol–water partition coefficient (Wildman–Crippen LogP) is 5.88. The topological polar surface area (TPSA) is 20.2 Å². The number of hydrogen-bond acceptors (Lipinski definition) is 1. The van der Waals surface area contributed by atoms with E-state index in [0.29, 0.717) is 5.75 Å². The normalized spacial score (nSPS) is 9.58. The first kappa shape index (κ1) is 17.8. The fourth-order valence-corrected chi connectivity index (χ4v) is 1.99. The first-order valence-corrected chi connectivity index (χ1v) is 7.60. The Labute approximate surface area is 119 Å². The van der Waals surface area contributed by atoms with Gasteiger partial charge in [0, 0.05) is 0 Å². The highest BCUT2D eigenvalue weighted by molar-refractivity contribution is 5.31. The van der Waals surface area contributed by atoms with Gasteiger partial charge in [-0.05, 0) is 31.4 Å². The van der Waals surface area contributed by atoms with Crippen molar-refractivity contribution in [3.63, 3.8) is 0 Å². The van der Waals surface area contributed by atoms with Crippen molar-refractivity contribution < 1.29 is 5.11 Å². The van der Waals surface area contributed by atoms with Gasteiger partial charge in [0.25, 0.3) is 0 Å². The van der Waals surface area contributed by atoms with Gasteiger partial charge in [-0.15, -0.1) is 6.58 Å². The van der Waals surface area contributed by atoms with Crippen molar-refractivity contribution in [1.82, 2.24) is 0 Å². The number of para-hydroxylation sites is 1. The zero-order valence-corrected chi connectivity index (χ0v) is 12.7. The summed E-state index contributed by atoms with van der Waals surface area (Å²) in [5, 5.41) is 9.58. The molecule has 0 amide bonds. The van der Waals surface area contributed by atoms with Gasteiger partial charge >= 0.3 is 0 Å². The second-order valence-corrected chi connectivity index (χ2v) is 4.91. The van der Waals surface area contributed by atoms with Crippen LogP contribution in [-0.4, -0.2) is 5.11 Å². The Balaban J connectivity index is 0.000000982. The van der Waals surface area contributed by atoms with Crippen LogP contribution in [0.25, 0.3) is 0 Å². The van der Waals surface area contributed by atoms with Gasteiger partial charge in [-0.1, -0.05) is 69.7 Å². The van der Waals surface area contributed by atoms with E-state index in [1.165, 1.54) is 44.9 Å². The smallest absolute Gasteiger partial charge is 0.118 e. The summed E-state index contributed by atoms with van der Waals surface area (Å²) < 4.78 is 0. The minimum absolute atomic E-state index is 0.452. The molecule has 1 aromatic rings. The van der Waals surface area contributed by atoms with E-state index in [1.54, 1.807) is 12.1 Å². The van der Waals surface area contributed by atoms with Crippen LogP contribution >= 0.6 is 0 Å². The minimum Gasteiger partial charge on any atom is -0.508 e. The van der Waals surface area contributed by atoms with Crippen LogP contribution in [0.15, 0.2) is 36.9 Å². The number of aryl methyl sites for hydroxylation is 1. The summed E-state index contributed by atoms with van der Waals surface area (Å²) in [7, 11) is 0. The molecule has 19 heavy (non-hydrogen) atoms. The van der Waals surface area contributed by atoms with Crippen LogP contribution in [0.2, 0.25) is 0 Å². The molecular formula is C18H30O. The average molecular weight is 262 g/mol. The quantitative estimate of drug-likeness (QED) is 0.458. The highest BCUT2D eigenvalue weighted by atomic mass is 16.3. The average Bonchev–Trinajstić information content (AvgIpc) is 2.41. The predicted molar refractivity (Wildman–Crippen MR) is 85.7 cm³/mol. The van der Waals surface area contributed by atoms with Crippen LogP contribution in [0, 0.1) is 0 Å². The number of phenols is 1. The molecule has 108 valence electrons. The van der Waals surface area contributed by atoms with Crippen molar-refractivity contribution in [2.45, 2.75) is 65.2 Å². The van der Waals surface area contributed by atoms with E-state index in [2.05, 4.69) is 13.5 Å². The molecule has 0 aliphatic carbocycles. The maximum absolute atomic E-state index is 9.58. The Bertz CT molecular complexity index is 317. The summed E-state index contributed by atoms with van der Waals surface area (Å²) in [6.07, 6.45) is 12.0. The molecule has 0 heterocycles. The monoisotopic (exact) mass is 262 g/mol. The van der Waals surface area contributed by atoms with Crippen molar-refractivity contribution >= 4 is 0 Å². The van der Waals surface area contributed by atoms with Gasteiger partial charge in [-0.25, -0.2) is 0 Å². The van der Waals surface area contributed by atoms with E-state index in [4.69, 9.17) is 0 Å². The number of benzene rings is 1. The molecule has 0 saturated heterocycles. The highest BCUT2D eigenvalue weighted by Crippen LogP contribution is 2.18. The number of rotatable bonds is 8. The van der Waals surface area contributed by atoms with Crippen LogP contribution in [-0.2, 0) is 6.42 Å². The number of unbranched alkanes of at least 4 members (excludes halogenated alkanes) is 6. The van der Waals surface area contributed by atoms with Gasteiger partial charge in [0.1, 0.15) is 5.75 Å². The molecule has 1 heteroatoms. The molecule has 0 aromatic heterocycles. The fourth-order valence-electron chi connectivity index (χ4n) is 1.99. The third-order valence-corrected chi connectivity index (χ3v) is 3.04. The van der Waals surface area contributed by atoms with Crippen LogP contribution in [0.5, 0.6) is 5.75 Å². The molecule has 0 saturated carbocycles. The van der Waals surface area contributed by atoms with E-state index in [-0.39, 0.29) is 0 Å². The maximum Gasteiger partial charge on any atom is 0.118 e. The molecule has 1 N–H and O–H groups in total. The summed E-state index contributed by atoms with van der Waals surface area (Å²) in [5.74, 6) is 0.452. The lowest BCUT2D eigenvalue weighted by Gasteiger charge is -2.04. The van der Waals surface area contributed by atoms with Crippen molar-refractivity contribution in [2.75, 3.05) is 0 Å². The lowest BCUT2D eigenvalue weighted by Crippen LogP contribution is -1.87. The fraction of sp³-hybridized carbons (Fsp3) is 0.556. The van der Waals surface area contributed by atoms with Crippen LogP contribution < -0.4 is 0 Å². The molecular weight excluding hydrogens is 232 g/mol. The van der Waals surface area contributed by atoms with Crippen LogP contribution in [0.4, 0.5) is 0 Å². The van der Waals surface area contributed by atoms with Gasteiger partial charge in [-0.2, -0.15) is 0 Å². The Hall–Kier alpha value is -1.24. The minimum atomic E-state index is 0.452. The van der Waals surface area contributed by atoms with Crippen molar-refractivity contribution in [3.05, 3.63) is 42.5 Å². The number of phenolic OH excluding ortho intramolecular Hbond substituents is 1. The van der Waals surface area contributed by atoms with Crippen LogP contribution in [0.1, 0.15) is 64.4 Å². The van der Waals surface area contributed by atoms with Crippen molar-refractivity contribution in [3.8, 4) is 5.75 Å². The highest BCUT2D eigenvalue weighted by Gasteiger charge is 1.98. The first-order valence-electron chi connectivity index (χ1n) is 7.60. The lowest BCUT2D eigenvalue weighted by molar-refractivity contribution is 0.466. The van der Waals surface area contributed by atoms with Crippen molar-refractivity contribution in [1.29, 1.82) is 0 Å². The Morgan fingerprint density at radius 2 is 1.53 bits per heavy atom. The van der Waals surface area contributed by atoms with Gasteiger partial charge in [0.15, 0.2) is 0 Å². The summed E-state index contributed by atoms with van der Waals surface area (Å²) in [6.45, 7) is 7.50. The third-order valence-electron chi connectivity index (χ3n) is 3.04. The third kappa shape index (κ3) is 10.4. The molecule has 0 atom stereocenters. The van der Waals surface area contributed by atoms with E-state index < -0.39 is 0 Å². The number of allylic oxidation sites excluding steroid dienone is 1. The summed E-state index contributed by atoms with van der Waals surface area (Å²) >= 11 is 0. The molecule has 0 aliphatic heterocycles. The molecule has 0 fully saturated rings. The lowest BCUT2D eigenvalue weighted by atomic mass is 10.0. The molecule has 0 spiro atoms. The summed E-state index contributed by atoms with van der Waals surface area (Å²) in [4.78, 5) is 0. The second-order valence-electron chi connectivity index (χ2n) is 4.91. The molecule has 0 radical (unpaired) electrons. The molecule has 0 aliphatic rings. The maximum atomic E-state index is 9.58. The van der Waals surface area contributed by atoms with E-state index in [9.17, 15) is 5.11 Å². The van der Waals surface area contributed by atoms with Crippen LogP contribution in [0.3, 0.4) is 0 Å². The standard InChI is InChI=1S/C15H24O.C3H6/c1-2-3-4-5-6-7-8-11-14-12-9-10-13-15(14)16;1-3-2/h9-10,12-13,16H,2-8,11H2,1H3;3H,1H2,2H3. The van der Waals surface area contributed by atoms with Gasteiger partial charge in [0.2, 0.25) is 0 Å². The number of hydrogen-bond donors (Lipinski definition) is 1. The largest absolute Gasteiger partial charge is 0.508 e. The molecule has 1 rings (SSSR count). The van der Waals surface area contributed by atoms with Gasteiger partial charge in [0.05, 0.1) is 0 Å². The SMILES string of the molecule is C=CC.CCCCCCCCCc1ccccc1O. The molecule has 0 bridgehead atoms. The number of aromatic hydroxyl groups is 1. The second kappa shape index (κ2) is 13.2. The zero-order valence-electron chi connectivity index (χ0n) is 12.7. The Morgan fingerprint density at radius 3 is 2.11 bits per heavy atom. The van der Waals surface area contributed by atoms with Gasteiger partial charge in [-0.3, -0.25) is 0 Å². The Morgan fingerprint density at radius 1 is 1.00 bits per heavy atom. The zero-order chi connectivity index (χ0) is 14.3. The summed E-state index contributed by atoms with van der Waals surface area (Å²) in [6, 6.07) is 7.67. The first-order chi connectivity index (χ1) is 9.26. The van der Waals surface area contributed by atoms with E-state index in [0.717, 1.165) is 12.0 Å². The summed E-state index contributed by atoms with van der Waals surface area (Å²) in [5.41, 5.74) is 1.09. The van der Waals surface area contributed by atoms with Crippen molar-refractivity contribution in [2.24, 2.45) is 0 Å². The molecule has 1 nitrogen and oxygen atoms in total. The van der Waals surface area contributed by atoms with Gasteiger partial charge < -0.3 is 5.11 Å². The molecule has 1 aromatic carbocycles. The van der Waals surface area contributed by atoms with E-state index in [1.807, 2.05) is 25.1 Å². The molecule has 0 unspecified atom stereocenters.